The Morgan fingerprint density at radius 3 is 2.63 bits per heavy atom. The lowest BCUT2D eigenvalue weighted by atomic mass is 10.2. The molecule has 156 valence electrons. The van der Waals surface area contributed by atoms with Gasteiger partial charge in [-0.15, -0.1) is 5.10 Å². The van der Waals surface area contributed by atoms with Crippen LogP contribution in [0.25, 0.3) is 11.5 Å². The predicted molar refractivity (Wildman–Crippen MR) is 111 cm³/mol. The summed E-state index contributed by atoms with van der Waals surface area (Å²) in [5, 5.41) is 10.0. The van der Waals surface area contributed by atoms with E-state index in [0.717, 1.165) is 0 Å². The minimum Gasteiger partial charge on any atom is -0.493 e. The van der Waals surface area contributed by atoms with Gasteiger partial charge < -0.3 is 18.6 Å². The van der Waals surface area contributed by atoms with Gasteiger partial charge in [-0.3, -0.25) is 10.1 Å². The fourth-order valence-electron chi connectivity index (χ4n) is 2.46. The van der Waals surface area contributed by atoms with E-state index in [2.05, 4.69) is 31.4 Å². The first-order chi connectivity index (χ1) is 14.5. The van der Waals surface area contributed by atoms with Gasteiger partial charge in [-0.1, -0.05) is 23.3 Å². The maximum Gasteiger partial charge on any atom is 0.338 e. The van der Waals surface area contributed by atoms with Gasteiger partial charge in [-0.25, -0.2) is 4.79 Å². The summed E-state index contributed by atoms with van der Waals surface area (Å²) in [5.41, 5.74) is 0.908. The molecular weight excluding hydrogens is 458 g/mol. The van der Waals surface area contributed by atoms with Crippen molar-refractivity contribution in [3.8, 4) is 23.0 Å². The molecule has 30 heavy (non-hydrogen) atoms. The summed E-state index contributed by atoms with van der Waals surface area (Å²) < 4.78 is 21.7. The van der Waals surface area contributed by atoms with Crippen LogP contribution in [0.15, 0.2) is 51.4 Å². The SMILES string of the molecule is CCOc1c(Br)cc(C(=O)OCC(=O)Nc2nnc(-c3ccccc3)o2)cc1OC. The van der Waals surface area contributed by atoms with Crippen molar-refractivity contribution in [3.05, 3.63) is 52.5 Å². The number of rotatable bonds is 8. The highest BCUT2D eigenvalue weighted by Gasteiger charge is 2.18. The number of carbonyl (C=O) groups excluding carboxylic acids is 2. The summed E-state index contributed by atoms with van der Waals surface area (Å²) >= 11 is 3.33. The van der Waals surface area contributed by atoms with Crippen molar-refractivity contribution in [1.82, 2.24) is 10.2 Å². The largest absolute Gasteiger partial charge is 0.493 e. The van der Waals surface area contributed by atoms with Crippen LogP contribution in [0.5, 0.6) is 11.5 Å². The normalized spacial score (nSPS) is 10.4. The number of carbonyl (C=O) groups is 2. The van der Waals surface area contributed by atoms with Crippen molar-refractivity contribution < 1.29 is 28.2 Å². The lowest BCUT2D eigenvalue weighted by Crippen LogP contribution is -2.21. The number of aromatic nitrogens is 2. The van der Waals surface area contributed by atoms with Crippen LogP contribution in [0, 0.1) is 0 Å². The molecule has 3 rings (SSSR count). The molecule has 0 saturated carbocycles. The number of benzene rings is 2. The number of amides is 1. The van der Waals surface area contributed by atoms with Crippen LogP contribution >= 0.6 is 15.9 Å². The Hall–Kier alpha value is -3.40. The number of methoxy groups -OCH3 is 1. The first-order valence-corrected chi connectivity index (χ1v) is 9.67. The van der Waals surface area contributed by atoms with E-state index in [9.17, 15) is 9.59 Å². The van der Waals surface area contributed by atoms with Crippen LogP contribution in [0.1, 0.15) is 17.3 Å². The Labute approximate surface area is 180 Å². The predicted octanol–water partition coefficient (Wildman–Crippen LogP) is 3.70. The number of ether oxygens (including phenoxy) is 3. The second kappa shape index (κ2) is 9.88. The second-order valence-corrected chi connectivity index (χ2v) is 6.68. The van der Waals surface area contributed by atoms with Crippen molar-refractivity contribution >= 4 is 33.8 Å². The summed E-state index contributed by atoms with van der Waals surface area (Å²) in [5.74, 6) is -0.234. The van der Waals surface area contributed by atoms with Gasteiger partial charge in [0.2, 0.25) is 5.89 Å². The summed E-state index contributed by atoms with van der Waals surface area (Å²) in [7, 11) is 1.46. The lowest BCUT2D eigenvalue weighted by Gasteiger charge is -2.13. The summed E-state index contributed by atoms with van der Waals surface area (Å²) in [6.07, 6.45) is 0. The number of hydrogen-bond acceptors (Lipinski definition) is 8. The zero-order valence-corrected chi connectivity index (χ0v) is 17.8. The van der Waals surface area contributed by atoms with Gasteiger partial charge in [0.15, 0.2) is 18.1 Å². The number of nitrogens with one attached hydrogen (secondary N) is 1. The molecule has 0 bridgehead atoms. The van der Waals surface area contributed by atoms with Crippen LogP contribution in [0.4, 0.5) is 6.01 Å². The Balaban J connectivity index is 1.59. The van der Waals surface area contributed by atoms with E-state index >= 15 is 0 Å². The van der Waals surface area contributed by atoms with Crippen LogP contribution in [0.3, 0.4) is 0 Å². The molecule has 0 unspecified atom stereocenters. The van der Waals surface area contributed by atoms with Gasteiger partial charge in [0.05, 0.1) is 23.8 Å². The van der Waals surface area contributed by atoms with Gasteiger partial charge in [0, 0.05) is 5.56 Å². The van der Waals surface area contributed by atoms with Crippen molar-refractivity contribution in [2.75, 3.05) is 25.6 Å². The van der Waals surface area contributed by atoms with Crippen molar-refractivity contribution in [2.45, 2.75) is 6.92 Å². The average molecular weight is 476 g/mol. The molecule has 3 aromatic rings. The Morgan fingerprint density at radius 2 is 1.93 bits per heavy atom. The van der Waals surface area contributed by atoms with Crippen LogP contribution < -0.4 is 14.8 Å². The van der Waals surface area contributed by atoms with Crippen molar-refractivity contribution in [1.29, 1.82) is 0 Å². The van der Waals surface area contributed by atoms with Gasteiger partial charge in [-0.05, 0) is 47.1 Å². The van der Waals surface area contributed by atoms with Crippen molar-refractivity contribution in [2.24, 2.45) is 0 Å². The summed E-state index contributed by atoms with van der Waals surface area (Å²) in [6, 6.07) is 12.0. The zero-order valence-electron chi connectivity index (χ0n) is 16.2. The van der Waals surface area contributed by atoms with Crippen LogP contribution in [-0.2, 0) is 9.53 Å². The molecule has 0 aliphatic rings. The monoisotopic (exact) mass is 475 g/mol. The topological polar surface area (TPSA) is 113 Å². The molecule has 0 radical (unpaired) electrons. The maximum atomic E-state index is 12.3. The Bertz CT molecular complexity index is 1040. The molecule has 0 spiro atoms. The zero-order chi connectivity index (χ0) is 21.5. The summed E-state index contributed by atoms with van der Waals surface area (Å²) in [6.45, 7) is 1.73. The molecular formula is C20H18BrN3O6. The highest BCUT2D eigenvalue weighted by atomic mass is 79.9. The molecule has 1 aromatic heterocycles. The fraction of sp³-hybridized carbons (Fsp3) is 0.200. The van der Waals surface area contributed by atoms with E-state index in [1.54, 1.807) is 12.1 Å². The third-order valence-electron chi connectivity index (χ3n) is 3.78. The maximum absolute atomic E-state index is 12.3. The molecule has 9 nitrogen and oxygen atoms in total. The van der Waals surface area contributed by atoms with E-state index in [1.165, 1.54) is 19.2 Å². The van der Waals surface area contributed by atoms with Crippen LogP contribution in [-0.4, -0.2) is 42.4 Å². The molecule has 10 heteroatoms. The minimum absolute atomic E-state index is 0.0969. The lowest BCUT2D eigenvalue weighted by molar-refractivity contribution is -0.119. The number of esters is 1. The number of anilines is 1. The Morgan fingerprint density at radius 1 is 1.17 bits per heavy atom. The van der Waals surface area contributed by atoms with Crippen molar-refractivity contribution in [3.63, 3.8) is 0 Å². The van der Waals surface area contributed by atoms with Gasteiger partial charge in [0.25, 0.3) is 5.91 Å². The molecule has 0 saturated heterocycles. The molecule has 0 atom stereocenters. The number of hydrogen-bond donors (Lipinski definition) is 1. The van der Waals surface area contributed by atoms with Gasteiger partial charge in [0.1, 0.15) is 0 Å². The highest BCUT2D eigenvalue weighted by molar-refractivity contribution is 9.10. The van der Waals surface area contributed by atoms with Gasteiger partial charge >= 0.3 is 12.0 Å². The molecule has 1 N–H and O–H groups in total. The van der Waals surface area contributed by atoms with Crippen LogP contribution in [0.2, 0.25) is 0 Å². The molecule has 0 aliphatic heterocycles. The summed E-state index contributed by atoms with van der Waals surface area (Å²) in [4.78, 5) is 24.4. The van der Waals surface area contributed by atoms with Gasteiger partial charge in [-0.2, -0.15) is 0 Å². The highest BCUT2D eigenvalue weighted by Crippen LogP contribution is 2.36. The molecule has 1 amide bonds. The van der Waals surface area contributed by atoms with E-state index < -0.39 is 18.5 Å². The van der Waals surface area contributed by atoms with E-state index in [-0.39, 0.29) is 17.5 Å². The minimum atomic E-state index is -0.706. The Kier molecular flexibility index (Phi) is 7.02. The fourth-order valence-corrected chi connectivity index (χ4v) is 3.02. The van der Waals surface area contributed by atoms with E-state index in [4.69, 9.17) is 18.6 Å². The number of nitrogens with zero attached hydrogens (tertiary/aromatic N) is 2. The molecule has 0 aliphatic carbocycles. The third kappa shape index (κ3) is 5.15. The molecule has 2 aromatic carbocycles. The van der Waals surface area contributed by atoms with E-state index in [0.29, 0.717) is 28.1 Å². The molecule has 0 fully saturated rings. The number of halogens is 1. The average Bonchev–Trinajstić information content (AvgIpc) is 3.22. The molecule has 1 heterocycles. The quantitative estimate of drug-likeness (QED) is 0.490. The smallest absolute Gasteiger partial charge is 0.338 e. The standard InChI is InChI=1S/C20H18BrN3O6/c1-3-28-17-14(21)9-13(10-15(17)27-2)19(26)29-11-16(25)22-20-24-23-18(30-20)12-7-5-4-6-8-12/h4-10H,3,11H2,1-2H3,(H,22,24,25). The first-order valence-electron chi connectivity index (χ1n) is 8.88. The first kappa shape index (κ1) is 21.3. The third-order valence-corrected chi connectivity index (χ3v) is 4.37. The van der Waals surface area contributed by atoms with E-state index in [1.807, 2.05) is 25.1 Å². The second-order valence-electron chi connectivity index (χ2n) is 5.83.